The minimum atomic E-state index is -0.0310. The number of benzene rings is 1. The van der Waals surface area contributed by atoms with Crippen LogP contribution in [0.4, 0.5) is 0 Å². The van der Waals surface area contributed by atoms with E-state index < -0.39 is 0 Å². The molecular weight excluding hydrogens is 320 g/mol. The van der Waals surface area contributed by atoms with Crippen LogP contribution < -0.4 is 5.32 Å². The van der Waals surface area contributed by atoms with E-state index in [1.54, 1.807) is 0 Å². The maximum atomic E-state index is 12.6. The quantitative estimate of drug-likeness (QED) is 0.894. The first-order valence-electron chi connectivity index (χ1n) is 10.2. The van der Waals surface area contributed by atoms with Gasteiger partial charge in [0.25, 0.3) is 0 Å². The predicted molar refractivity (Wildman–Crippen MR) is 101 cm³/mol. The van der Waals surface area contributed by atoms with Crippen molar-refractivity contribution in [2.45, 2.75) is 63.8 Å². The third-order valence-corrected chi connectivity index (χ3v) is 7.27. The zero-order chi connectivity index (χ0) is 17.9. The van der Waals surface area contributed by atoms with Crippen LogP contribution in [-0.4, -0.2) is 11.3 Å². The Morgan fingerprint density at radius 1 is 1.15 bits per heavy atom. The highest BCUT2D eigenvalue weighted by atomic mass is 16.1. The highest BCUT2D eigenvalue weighted by molar-refractivity contribution is 6.10. The summed E-state index contributed by atoms with van der Waals surface area (Å²) in [6.07, 6.45) is 9.11. The van der Waals surface area contributed by atoms with Gasteiger partial charge in [0.1, 0.15) is 11.6 Å². The van der Waals surface area contributed by atoms with Crippen molar-refractivity contribution in [3.8, 4) is 6.07 Å². The molecule has 0 amide bonds. The maximum absolute atomic E-state index is 12.6. The smallest absolute Gasteiger partial charge is 0.179 e. The molecule has 0 heterocycles. The van der Waals surface area contributed by atoms with Crippen LogP contribution >= 0.6 is 0 Å². The van der Waals surface area contributed by atoms with E-state index in [4.69, 9.17) is 0 Å². The molecule has 0 radical (unpaired) electrons. The molecule has 4 bridgehead atoms. The van der Waals surface area contributed by atoms with E-state index in [2.05, 4.69) is 36.5 Å². The zero-order valence-corrected chi connectivity index (χ0v) is 15.5. The first-order chi connectivity index (χ1) is 12.6. The van der Waals surface area contributed by atoms with E-state index in [1.165, 1.54) is 44.1 Å². The van der Waals surface area contributed by atoms with Crippen molar-refractivity contribution in [2.24, 2.45) is 17.8 Å². The molecule has 26 heavy (non-hydrogen) atoms. The number of nitrogens with one attached hydrogen (secondary N) is 1. The van der Waals surface area contributed by atoms with Crippen molar-refractivity contribution in [2.75, 3.05) is 0 Å². The second-order valence-electron chi connectivity index (χ2n) is 9.13. The SMILES string of the molecule is CCc1ccc2c(c1)C(NC13CC4CC(CC(C4)C1)C3)=C(C#N)C(=O)C2. The number of carbonyl (C=O) groups excluding carboxylic acids is 1. The average Bonchev–Trinajstić information content (AvgIpc) is 2.60. The summed E-state index contributed by atoms with van der Waals surface area (Å²) in [5, 5.41) is 13.6. The molecule has 134 valence electrons. The number of hydrogen-bond acceptors (Lipinski definition) is 3. The summed E-state index contributed by atoms with van der Waals surface area (Å²) in [7, 11) is 0. The van der Waals surface area contributed by atoms with Gasteiger partial charge in [-0.25, -0.2) is 0 Å². The van der Waals surface area contributed by atoms with E-state index in [0.717, 1.165) is 41.0 Å². The molecule has 5 aliphatic rings. The molecule has 1 aromatic rings. The summed E-state index contributed by atoms with van der Waals surface area (Å²) < 4.78 is 0. The second kappa shape index (κ2) is 5.71. The Morgan fingerprint density at radius 2 is 1.81 bits per heavy atom. The molecule has 4 fully saturated rings. The number of Topliss-reactive ketones (excluding diaryl/α,β-unsaturated/α-hetero) is 1. The van der Waals surface area contributed by atoms with Gasteiger partial charge < -0.3 is 5.32 Å². The lowest BCUT2D eigenvalue weighted by Crippen LogP contribution is -2.58. The van der Waals surface area contributed by atoms with E-state index in [-0.39, 0.29) is 11.3 Å². The van der Waals surface area contributed by atoms with Gasteiger partial charge in [0.2, 0.25) is 0 Å². The van der Waals surface area contributed by atoms with E-state index >= 15 is 0 Å². The Balaban J connectivity index is 1.58. The molecule has 1 N–H and O–H groups in total. The summed E-state index contributed by atoms with van der Waals surface area (Å²) in [6, 6.07) is 8.63. The lowest BCUT2D eigenvalue weighted by molar-refractivity contribution is -0.114. The Morgan fingerprint density at radius 3 is 2.38 bits per heavy atom. The third-order valence-electron chi connectivity index (χ3n) is 7.27. The minimum absolute atomic E-state index is 0.0310. The van der Waals surface area contributed by atoms with Crippen LogP contribution in [0.5, 0.6) is 0 Å². The number of rotatable bonds is 3. The highest BCUT2D eigenvalue weighted by Crippen LogP contribution is 2.56. The summed E-state index contributed by atoms with van der Waals surface area (Å²) in [4.78, 5) is 12.6. The van der Waals surface area contributed by atoms with Crippen LogP contribution in [0.2, 0.25) is 0 Å². The molecule has 0 unspecified atom stereocenters. The lowest BCUT2D eigenvalue weighted by atomic mass is 9.53. The molecule has 3 nitrogen and oxygen atoms in total. The Kier molecular flexibility index (Phi) is 3.54. The average molecular weight is 346 g/mol. The van der Waals surface area contributed by atoms with Gasteiger partial charge in [0.15, 0.2) is 5.78 Å². The number of nitrogens with zero attached hydrogens (tertiary/aromatic N) is 1. The second-order valence-corrected chi connectivity index (χ2v) is 9.13. The van der Waals surface area contributed by atoms with Gasteiger partial charge in [-0.05, 0) is 79.9 Å². The van der Waals surface area contributed by atoms with Crippen LogP contribution in [-0.2, 0) is 17.6 Å². The predicted octanol–water partition coefficient (Wildman–Crippen LogP) is 4.17. The molecule has 3 heteroatoms. The van der Waals surface area contributed by atoms with Crippen LogP contribution in [0.1, 0.15) is 62.1 Å². The van der Waals surface area contributed by atoms with E-state index in [0.29, 0.717) is 12.0 Å². The standard InChI is InChI=1S/C23H26N2O/c1-2-14-3-4-18-9-21(26)20(13-24)22(19(18)8-14)25-23-10-15-5-16(11-23)7-17(6-15)12-23/h3-4,8,15-17,25H,2,5-7,9-12H2,1H3. The zero-order valence-electron chi connectivity index (χ0n) is 15.5. The summed E-state index contributed by atoms with van der Waals surface area (Å²) in [6.45, 7) is 2.15. The third kappa shape index (κ3) is 2.42. The number of fused-ring (bicyclic) bond motifs is 1. The number of allylic oxidation sites excluding steroid dienone is 1. The fraction of sp³-hybridized carbons (Fsp3) is 0.565. The summed E-state index contributed by atoms with van der Waals surface area (Å²) >= 11 is 0. The normalized spacial score (nSPS) is 34.6. The van der Waals surface area contributed by atoms with Gasteiger partial charge in [-0.15, -0.1) is 0 Å². The van der Waals surface area contributed by atoms with Crippen molar-refractivity contribution in [3.63, 3.8) is 0 Å². The Hall–Kier alpha value is -2.08. The van der Waals surface area contributed by atoms with Crippen molar-refractivity contribution in [1.82, 2.24) is 5.32 Å². The maximum Gasteiger partial charge on any atom is 0.179 e. The van der Waals surface area contributed by atoms with Crippen LogP contribution in [0, 0.1) is 29.1 Å². The van der Waals surface area contributed by atoms with E-state index in [9.17, 15) is 10.1 Å². The first kappa shape index (κ1) is 16.1. The molecule has 1 aromatic carbocycles. The Bertz CT molecular complexity index is 822. The molecule has 4 saturated carbocycles. The van der Waals surface area contributed by atoms with Crippen molar-refractivity contribution >= 4 is 11.5 Å². The fourth-order valence-electron chi connectivity index (χ4n) is 6.54. The summed E-state index contributed by atoms with van der Waals surface area (Å²) in [5.41, 5.74) is 4.70. The molecule has 0 aliphatic heterocycles. The molecular formula is C23H26N2O. The van der Waals surface area contributed by atoms with Gasteiger partial charge >= 0.3 is 0 Å². The van der Waals surface area contributed by atoms with Crippen LogP contribution in [0.15, 0.2) is 23.8 Å². The minimum Gasteiger partial charge on any atom is -0.378 e. The number of nitriles is 1. The van der Waals surface area contributed by atoms with Gasteiger partial charge in [0.05, 0.1) is 5.70 Å². The van der Waals surface area contributed by atoms with E-state index in [1.807, 2.05) is 0 Å². The summed E-state index contributed by atoms with van der Waals surface area (Å²) in [5.74, 6) is 2.47. The van der Waals surface area contributed by atoms with Crippen LogP contribution in [0.25, 0.3) is 5.70 Å². The molecule has 0 spiro atoms. The van der Waals surface area contributed by atoms with Crippen molar-refractivity contribution in [3.05, 3.63) is 40.5 Å². The number of carbonyl (C=O) groups is 1. The molecule has 0 aromatic heterocycles. The first-order valence-corrected chi connectivity index (χ1v) is 10.2. The molecule has 0 atom stereocenters. The number of aryl methyl sites for hydroxylation is 1. The topological polar surface area (TPSA) is 52.9 Å². The molecule has 0 saturated heterocycles. The highest BCUT2D eigenvalue weighted by Gasteiger charge is 2.51. The molecule has 6 rings (SSSR count). The fourth-order valence-corrected chi connectivity index (χ4v) is 6.54. The Labute approximate surface area is 155 Å². The lowest BCUT2D eigenvalue weighted by Gasteiger charge is -2.57. The van der Waals surface area contributed by atoms with Crippen LogP contribution in [0.3, 0.4) is 0 Å². The van der Waals surface area contributed by atoms with Crippen molar-refractivity contribution in [1.29, 1.82) is 5.26 Å². The van der Waals surface area contributed by atoms with Gasteiger partial charge in [-0.2, -0.15) is 5.26 Å². The molecule has 5 aliphatic carbocycles. The van der Waals surface area contributed by atoms with Gasteiger partial charge in [-0.1, -0.05) is 19.1 Å². The van der Waals surface area contributed by atoms with Gasteiger partial charge in [0, 0.05) is 17.5 Å². The number of ketones is 1. The largest absolute Gasteiger partial charge is 0.378 e. The van der Waals surface area contributed by atoms with Gasteiger partial charge in [-0.3, -0.25) is 4.79 Å². The van der Waals surface area contributed by atoms with Crippen molar-refractivity contribution < 1.29 is 4.79 Å². The monoisotopic (exact) mass is 346 g/mol. The number of hydrogen-bond donors (Lipinski definition) is 1.